The molecule has 0 radical (unpaired) electrons. The van der Waals surface area contributed by atoms with E-state index in [0.717, 1.165) is 0 Å². The number of anilines is 2. The third-order valence-electron chi connectivity index (χ3n) is 3.47. The number of nitrogens with zero attached hydrogens (tertiary/aromatic N) is 1. The third kappa shape index (κ3) is 5.35. The second-order valence-electron chi connectivity index (χ2n) is 5.75. The lowest BCUT2D eigenvalue weighted by Gasteiger charge is -2.11. The molecular formula is C18H17Cl2N3O4. The second kappa shape index (κ2) is 8.75. The average Bonchev–Trinajstić information content (AvgIpc) is 2.62. The summed E-state index contributed by atoms with van der Waals surface area (Å²) in [6.45, 7) is -0.527. The number of carbonyl (C=O) groups is 3. The zero-order valence-electron chi connectivity index (χ0n) is 14.6. The first-order valence-corrected chi connectivity index (χ1v) is 8.48. The Bertz CT molecular complexity index is 883. The number of hydrogen-bond donors (Lipinski definition) is 2. The van der Waals surface area contributed by atoms with E-state index in [0.29, 0.717) is 11.3 Å². The Morgan fingerprint density at radius 3 is 2.33 bits per heavy atom. The molecule has 0 saturated heterocycles. The summed E-state index contributed by atoms with van der Waals surface area (Å²) in [5.41, 5.74) is 6.66. The van der Waals surface area contributed by atoms with Crippen molar-refractivity contribution in [1.82, 2.24) is 4.90 Å². The van der Waals surface area contributed by atoms with Crippen LogP contribution in [-0.4, -0.2) is 43.4 Å². The number of rotatable bonds is 5. The van der Waals surface area contributed by atoms with Gasteiger partial charge in [0.2, 0.25) is 0 Å². The fourth-order valence-electron chi connectivity index (χ4n) is 2.11. The lowest BCUT2D eigenvalue weighted by molar-refractivity contribution is -0.119. The van der Waals surface area contributed by atoms with Gasteiger partial charge >= 0.3 is 5.97 Å². The van der Waals surface area contributed by atoms with Gasteiger partial charge in [-0.1, -0.05) is 23.2 Å². The molecule has 0 atom stereocenters. The number of esters is 1. The largest absolute Gasteiger partial charge is 0.452 e. The van der Waals surface area contributed by atoms with Crippen LogP contribution in [-0.2, 0) is 9.53 Å². The van der Waals surface area contributed by atoms with E-state index < -0.39 is 18.5 Å². The molecule has 0 aliphatic carbocycles. The van der Waals surface area contributed by atoms with Gasteiger partial charge in [0.05, 0.1) is 16.3 Å². The van der Waals surface area contributed by atoms with Crippen LogP contribution in [0.1, 0.15) is 20.7 Å². The van der Waals surface area contributed by atoms with Crippen molar-refractivity contribution < 1.29 is 19.1 Å². The molecule has 142 valence electrons. The van der Waals surface area contributed by atoms with Crippen molar-refractivity contribution in [3.05, 3.63) is 57.6 Å². The Balaban J connectivity index is 1.95. The van der Waals surface area contributed by atoms with Gasteiger partial charge < -0.3 is 20.7 Å². The first-order chi connectivity index (χ1) is 12.7. The minimum atomic E-state index is -0.820. The van der Waals surface area contributed by atoms with Crippen LogP contribution in [0.5, 0.6) is 0 Å². The predicted octanol–water partition coefficient (Wildman–Crippen LogP) is 3.07. The van der Waals surface area contributed by atoms with Gasteiger partial charge in [0.1, 0.15) is 0 Å². The highest BCUT2D eigenvalue weighted by Crippen LogP contribution is 2.28. The number of hydrogen-bond acceptors (Lipinski definition) is 5. The zero-order chi connectivity index (χ0) is 20.1. The normalized spacial score (nSPS) is 10.2. The summed E-state index contributed by atoms with van der Waals surface area (Å²) < 4.78 is 4.94. The Morgan fingerprint density at radius 2 is 1.74 bits per heavy atom. The van der Waals surface area contributed by atoms with Crippen LogP contribution in [0.4, 0.5) is 11.4 Å². The lowest BCUT2D eigenvalue weighted by atomic mass is 10.2. The standard InChI is InChI=1S/C18H17Cl2N3O4/c1-23(2)17(25)10-3-5-12(6-4-10)22-15(24)9-27-18(26)13-7-11(19)8-14(20)16(13)21/h3-8H,9,21H2,1-2H3,(H,22,24). The van der Waals surface area contributed by atoms with Gasteiger partial charge in [0.25, 0.3) is 11.8 Å². The number of amides is 2. The summed E-state index contributed by atoms with van der Waals surface area (Å²) in [7, 11) is 3.29. The van der Waals surface area contributed by atoms with Crippen LogP contribution in [0.15, 0.2) is 36.4 Å². The summed E-state index contributed by atoms with van der Waals surface area (Å²) in [6.07, 6.45) is 0. The van der Waals surface area contributed by atoms with Crippen molar-refractivity contribution in [2.75, 3.05) is 31.8 Å². The minimum Gasteiger partial charge on any atom is -0.452 e. The van der Waals surface area contributed by atoms with Gasteiger partial charge in [-0.3, -0.25) is 9.59 Å². The summed E-state index contributed by atoms with van der Waals surface area (Å²) in [4.78, 5) is 37.3. The molecule has 2 aromatic rings. The van der Waals surface area contributed by atoms with Crippen LogP contribution in [0.25, 0.3) is 0 Å². The maximum atomic E-state index is 12.1. The molecular weight excluding hydrogens is 393 g/mol. The first kappa shape index (κ1) is 20.5. The molecule has 27 heavy (non-hydrogen) atoms. The first-order valence-electron chi connectivity index (χ1n) is 7.72. The smallest absolute Gasteiger partial charge is 0.340 e. The van der Waals surface area contributed by atoms with E-state index in [9.17, 15) is 14.4 Å². The van der Waals surface area contributed by atoms with E-state index >= 15 is 0 Å². The van der Waals surface area contributed by atoms with Crippen molar-refractivity contribution in [2.24, 2.45) is 0 Å². The van der Waals surface area contributed by atoms with Crippen LogP contribution < -0.4 is 11.1 Å². The minimum absolute atomic E-state index is 0.0209. The maximum Gasteiger partial charge on any atom is 0.340 e. The highest BCUT2D eigenvalue weighted by atomic mass is 35.5. The van der Waals surface area contributed by atoms with Crippen LogP contribution in [0.3, 0.4) is 0 Å². The number of nitrogens with two attached hydrogens (primary N) is 1. The van der Waals surface area contributed by atoms with Gasteiger partial charge in [-0.25, -0.2) is 4.79 Å². The summed E-state index contributed by atoms with van der Waals surface area (Å²) in [6, 6.07) is 9.02. The molecule has 2 rings (SSSR count). The number of ether oxygens (including phenoxy) is 1. The molecule has 2 amide bonds. The van der Waals surface area contributed by atoms with Crippen molar-refractivity contribution >= 4 is 52.4 Å². The third-order valence-corrected chi connectivity index (χ3v) is 4.00. The lowest BCUT2D eigenvalue weighted by Crippen LogP contribution is -2.22. The predicted molar refractivity (Wildman–Crippen MR) is 104 cm³/mol. The second-order valence-corrected chi connectivity index (χ2v) is 6.59. The van der Waals surface area contributed by atoms with Gasteiger partial charge in [0, 0.05) is 30.4 Å². The highest BCUT2D eigenvalue weighted by molar-refractivity contribution is 6.37. The molecule has 2 aromatic carbocycles. The molecule has 0 spiro atoms. The Kier molecular flexibility index (Phi) is 6.65. The highest BCUT2D eigenvalue weighted by Gasteiger charge is 2.17. The van der Waals surface area contributed by atoms with E-state index in [2.05, 4.69) is 5.32 Å². The molecule has 0 fully saturated rings. The van der Waals surface area contributed by atoms with E-state index in [1.54, 1.807) is 38.4 Å². The van der Waals surface area contributed by atoms with Gasteiger partial charge in [-0.15, -0.1) is 0 Å². The zero-order valence-corrected chi connectivity index (χ0v) is 16.1. The van der Waals surface area contributed by atoms with E-state index in [-0.39, 0.29) is 27.2 Å². The average molecular weight is 410 g/mol. The van der Waals surface area contributed by atoms with Gasteiger partial charge in [-0.05, 0) is 36.4 Å². The topological polar surface area (TPSA) is 102 Å². The maximum absolute atomic E-state index is 12.1. The van der Waals surface area contributed by atoms with Crippen molar-refractivity contribution in [3.8, 4) is 0 Å². The molecule has 0 heterocycles. The molecule has 0 unspecified atom stereocenters. The fourth-order valence-corrected chi connectivity index (χ4v) is 2.61. The van der Waals surface area contributed by atoms with Crippen LogP contribution in [0, 0.1) is 0 Å². The number of nitrogen functional groups attached to an aromatic ring is 1. The SMILES string of the molecule is CN(C)C(=O)c1ccc(NC(=O)COC(=O)c2cc(Cl)cc(Cl)c2N)cc1. The van der Waals surface area contributed by atoms with Crippen molar-refractivity contribution in [1.29, 1.82) is 0 Å². The summed E-state index contributed by atoms with van der Waals surface area (Å²) in [5, 5.41) is 2.89. The molecule has 0 aromatic heterocycles. The summed E-state index contributed by atoms with van der Waals surface area (Å²) in [5.74, 6) is -1.53. The molecule has 9 heteroatoms. The number of benzene rings is 2. The van der Waals surface area contributed by atoms with E-state index in [1.165, 1.54) is 17.0 Å². The molecule has 7 nitrogen and oxygen atoms in total. The van der Waals surface area contributed by atoms with E-state index in [4.69, 9.17) is 33.7 Å². The number of carbonyl (C=O) groups excluding carboxylic acids is 3. The number of nitrogens with one attached hydrogen (secondary N) is 1. The monoisotopic (exact) mass is 409 g/mol. The van der Waals surface area contributed by atoms with Crippen LogP contribution in [0.2, 0.25) is 10.0 Å². The van der Waals surface area contributed by atoms with Crippen LogP contribution >= 0.6 is 23.2 Å². The Morgan fingerprint density at radius 1 is 1.11 bits per heavy atom. The molecule has 0 aliphatic heterocycles. The molecule has 0 saturated carbocycles. The van der Waals surface area contributed by atoms with Crippen molar-refractivity contribution in [2.45, 2.75) is 0 Å². The Hall–Kier alpha value is -2.77. The van der Waals surface area contributed by atoms with Crippen molar-refractivity contribution in [3.63, 3.8) is 0 Å². The molecule has 3 N–H and O–H groups in total. The number of halogens is 2. The summed E-state index contributed by atoms with van der Waals surface area (Å²) >= 11 is 11.7. The molecule has 0 bridgehead atoms. The molecule has 0 aliphatic rings. The van der Waals surface area contributed by atoms with Gasteiger partial charge in [0.15, 0.2) is 6.61 Å². The van der Waals surface area contributed by atoms with Gasteiger partial charge in [-0.2, -0.15) is 0 Å². The Labute approximate surface area is 166 Å². The quantitative estimate of drug-likeness (QED) is 0.583. The van der Waals surface area contributed by atoms with E-state index in [1.807, 2.05) is 0 Å². The fraction of sp³-hybridized carbons (Fsp3) is 0.167.